The Morgan fingerprint density at radius 3 is 2.95 bits per heavy atom. The summed E-state index contributed by atoms with van der Waals surface area (Å²) in [5.41, 5.74) is 1.20. The minimum absolute atomic E-state index is 0.595. The van der Waals surface area contributed by atoms with E-state index in [-0.39, 0.29) is 0 Å². The molecular formula is C17H29N5. The summed E-state index contributed by atoms with van der Waals surface area (Å²) in [5, 5.41) is 11.3. The average Bonchev–Trinajstić information content (AvgIpc) is 3.14. The molecule has 0 saturated heterocycles. The van der Waals surface area contributed by atoms with E-state index in [4.69, 9.17) is 0 Å². The van der Waals surface area contributed by atoms with Crippen LogP contribution in [0.3, 0.4) is 0 Å². The molecule has 2 fully saturated rings. The lowest BCUT2D eigenvalue weighted by molar-refractivity contribution is 0.239. The number of aromatic nitrogens is 2. The molecule has 5 heteroatoms. The van der Waals surface area contributed by atoms with Gasteiger partial charge >= 0.3 is 0 Å². The standard InChI is InChI=1S/C17H29N5/c1-13-11-20-22(12-13)9-8-19-17(18-2)21-16-7-6-14-4-3-5-15(14)10-16/h11-12,14-16H,3-10H2,1-2H3,(H2,18,19,21). The monoisotopic (exact) mass is 303 g/mol. The maximum Gasteiger partial charge on any atom is 0.191 e. The largest absolute Gasteiger partial charge is 0.355 e. The van der Waals surface area contributed by atoms with Gasteiger partial charge in [0, 0.05) is 25.8 Å². The van der Waals surface area contributed by atoms with E-state index in [0.29, 0.717) is 6.04 Å². The molecule has 0 amide bonds. The Morgan fingerprint density at radius 2 is 2.18 bits per heavy atom. The van der Waals surface area contributed by atoms with Crippen LogP contribution in [0.5, 0.6) is 0 Å². The van der Waals surface area contributed by atoms with Gasteiger partial charge < -0.3 is 10.6 Å². The third-order valence-electron chi connectivity index (χ3n) is 5.25. The summed E-state index contributed by atoms with van der Waals surface area (Å²) in [6.07, 6.45) is 12.3. The first-order valence-electron chi connectivity index (χ1n) is 8.71. The molecule has 3 rings (SSSR count). The predicted molar refractivity (Wildman–Crippen MR) is 89.9 cm³/mol. The van der Waals surface area contributed by atoms with E-state index >= 15 is 0 Å². The molecule has 2 aliphatic rings. The summed E-state index contributed by atoms with van der Waals surface area (Å²) < 4.78 is 1.97. The van der Waals surface area contributed by atoms with Crippen LogP contribution in [0.2, 0.25) is 0 Å². The van der Waals surface area contributed by atoms with Gasteiger partial charge in [-0.2, -0.15) is 5.10 Å². The predicted octanol–water partition coefficient (Wildman–Crippen LogP) is 2.33. The van der Waals surface area contributed by atoms with Crippen LogP contribution in [0.4, 0.5) is 0 Å². The van der Waals surface area contributed by atoms with Gasteiger partial charge in [0.15, 0.2) is 5.96 Å². The van der Waals surface area contributed by atoms with Crippen LogP contribution in [-0.2, 0) is 6.54 Å². The van der Waals surface area contributed by atoms with Crippen LogP contribution in [-0.4, -0.2) is 35.4 Å². The van der Waals surface area contributed by atoms with E-state index in [2.05, 4.69) is 33.8 Å². The highest BCUT2D eigenvalue weighted by Crippen LogP contribution is 2.41. The number of hydrogen-bond acceptors (Lipinski definition) is 2. The van der Waals surface area contributed by atoms with Gasteiger partial charge in [0.25, 0.3) is 0 Å². The van der Waals surface area contributed by atoms with Gasteiger partial charge in [0.05, 0.1) is 12.7 Å². The first-order valence-corrected chi connectivity index (χ1v) is 8.71. The zero-order valence-corrected chi connectivity index (χ0v) is 13.9. The van der Waals surface area contributed by atoms with Crippen molar-refractivity contribution in [1.82, 2.24) is 20.4 Å². The van der Waals surface area contributed by atoms with Crippen molar-refractivity contribution in [1.29, 1.82) is 0 Å². The van der Waals surface area contributed by atoms with E-state index in [1.807, 2.05) is 17.9 Å². The lowest BCUT2D eigenvalue weighted by Gasteiger charge is -2.33. The molecule has 0 aromatic carbocycles. The van der Waals surface area contributed by atoms with Crippen LogP contribution < -0.4 is 10.6 Å². The van der Waals surface area contributed by atoms with Crippen molar-refractivity contribution in [3.05, 3.63) is 18.0 Å². The molecule has 0 spiro atoms. The van der Waals surface area contributed by atoms with Gasteiger partial charge in [0.1, 0.15) is 0 Å². The second-order valence-corrected chi connectivity index (χ2v) is 6.89. The normalized spacial score (nSPS) is 28.5. The molecular weight excluding hydrogens is 274 g/mol. The van der Waals surface area contributed by atoms with Crippen molar-refractivity contribution < 1.29 is 0 Å². The number of aryl methyl sites for hydroxylation is 1. The zero-order valence-electron chi connectivity index (χ0n) is 13.9. The van der Waals surface area contributed by atoms with Crippen molar-refractivity contribution in [3.63, 3.8) is 0 Å². The molecule has 22 heavy (non-hydrogen) atoms. The van der Waals surface area contributed by atoms with Crippen molar-refractivity contribution >= 4 is 5.96 Å². The van der Waals surface area contributed by atoms with E-state index < -0.39 is 0 Å². The highest BCUT2D eigenvalue weighted by Gasteiger charge is 2.33. The van der Waals surface area contributed by atoms with Gasteiger partial charge in [0.2, 0.25) is 0 Å². The highest BCUT2D eigenvalue weighted by atomic mass is 15.3. The van der Waals surface area contributed by atoms with Gasteiger partial charge in [-0.3, -0.25) is 9.67 Å². The Balaban J connectivity index is 1.42. The number of hydrogen-bond donors (Lipinski definition) is 2. The summed E-state index contributed by atoms with van der Waals surface area (Å²) in [7, 11) is 1.86. The molecule has 1 aromatic heterocycles. The lowest BCUT2D eigenvalue weighted by Crippen LogP contribution is -2.46. The number of nitrogens with one attached hydrogen (secondary N) is 2. The van der Waals surface area contributed by atoms with Gasteiger partial charge in [-0.25, -0.2) is 0 Å². The Labute approximate surface area is 133 Å². The van der Waals surface area contributed by atoms with Crippen LogP contribution in [0.1, 0.15) is 44.1 Å². The summed E-state index contributed by atoms with van der Waals surface area (Å²) in [4.78, 5) is 4.37. The van der Waals surface area contributed by atoms with Crippen molar-refractivity contribution in [2.75, 3.05) is 13.6 Å². The summed E-state index contributed by atoms with van der Waals surface area (Å²) in [6, 6.07) is 0.595. The Hall–Kier alpha value is -1.52. The molecule has 5 nitrogen and oxygen atoms in total. The summed E-state index contributed by atoms with van der Waals surface area (Å²) in [5.74, 6) is 2.90. The van der Waals surface area contributed by atoms with Crippen molar-refractivity contribution in [2.45, 2.75) is 58.0 Å². The van der Waals surface area contributed by atoms with Crippen LogP contribution in [0.15, 0.2) is 17.4 Å². The molecule has 3 unspecified atom stereocenters. The number of fused-ring (bicyclic) bond motifs is 1. The fourth-order valence-corrected chi connectivity index (χ4v) is 4.10. The Kier molecular flexibility index (Phi) is 5.01. The minimum Gasteiger partial charge on any atom is -0.355 e. The molecule has 2 saturated carbocycles. The maximum absolute atomic E-state index is 4.37. The quantitative estimate of drug-likeness (QED) is 0.663. The van der Waals surface area contributed by atoms with Crippen molar-refractivity contribution in [3.8, 4) is 0 Å². The average molecular weight is 303 g/mol. The molecule has 3 atom stereocenters. The molecule has 0 radical (unpaired) electrons. The number of rotatable bonds is 4. The van der Waals surface area contributed by atoms with Gasteiger partial charge in [-0.05, 0) is 43.6 Å². The first kappa shape index (κ1) is 15.4. The first-order chi connectivity index (χ1) is 10.7. The SMILES string of the molecule is CN=C(NCCn1cc(C)cn1)NC1CCC2CCCC2C1. The van der Waals surface area contributed by atoms with Crippen LogP contribution in [0.25, 0.3) is 0 Å². The smallest absolute Gasteiger partial charge is 0.191 e. The molecule has 122 valence electrons. The number of guanidine groups is 1. The fourth-order valence-electron chi connectivity index (χ4n) is 4.10. The number of nitrogens with zero attached hydrogens (tertiary/aromatic N) is 3. The second kappa shape index (κ2) is 7.16. The highest BCUT2D eigenvalue weighted by molar-refractivity contribution is 5.79. The van der Waals surface area contributed by atoms with Gasteiger partial charge in [-0.1, -0.05) is 19.3 Å². The zero-order chi connectivity index (χ0) is 15.4. The molecule has 0 bridgehead atoms. The molecule has 1 heterocycles. The fraction of sp³-hybridized carbons (Fsp3) is 0.765. The molecule has 2 aliphatic carbocycles. The van der Waals surface area contributed by atoms with E-state index in [1.54, 1.807) is 0 Å². The van der Waals surface area contributed by atoms with Crippen LogP contribution >= 0.6 is 0 Å². The lowest BCUT2D eigenvalue weighted by atomic mass is 9.79. The summed E-state index contributed by atoms with van der Waals surface area (Å²) >= 11 is 0. The maximum atomic E-state index is 4.37. The van der Waals surface area contributed by atoms with E-state index in [9.17, 15) is 0 Å². The van der Waals surface area contributed by atoms with Crippen molar-refractivity contribution in [2.24, 2.45) is 16.8 Å². The third-order valence-corrected chi connectivity index (χ3v) is 5.25. The molecule has 2 N–H and O–H groups in total. The summed E-state index contributed by atoms with van der Waals surface area (Å²) in [6.45, 7) is 3.78. The molecule has 0 aliphatic heterocycles. The number of aliphatic imine (C=N–C) groups is 1. The Morgan fingerprint density at radius 1 is 1.32 bits per heavy atom. The van der Waals surface area contributed by atoms with E-state index in [0.717, 1.165) is 30.9 Å². The third kappa shape index (κ3) is 3.81. The second-order valence-electron chi connectivity index (χ2n) is 6.89. The van der Waals surface area contributed by atoms with E-state index in [1.165, 1.54) is 44.1 Å². The topological polar surface area (TPSA) is 54.2 Å². The Bertz CT molecular complexity index is 507. The van der Waals surface area contributed by atoms with Gasteiger partial charge in [-0.15, -0.1) is 0 Å². The minimum atomic E-state index is 0.595. The van der Waals surface area contributed by atoms with Crippen LogP contribution in [0, 0.1) is 18.8 Å². The molecule has 1 aromatic rings.